The molecule has 1 aliphatic heterocycles. The van der Waals surface area contributed by atoms with Crippen molar-refractivity contribution in [2.75, 3.05) is 13.1 Å². The number of carbonyl (C=O) groups excluding carboxylic acids is 1. The minimum Gasteiger partial charge on any atom is -0.350 e. The van der Waals surface area contributed by atoms with Gasteiger partial charge in [0, 0.05) is 12.7 Å². The van der Waals surface area contributed by atoms with E-state index in [0.29, 0.717) is 6.54 Å². The van der Waals surface area contributed by atoms with Crippen LogP contribution in [0.2, 0.25) is 0 Å². The summed E-state index contributed by atoms with van der Waals surface area (Å²) in [6.07, 6.45) is 5.20. The van der Waals surface area contributed by atoms with Crippen molar-refractivity contribution < 1.29 is 4.79 Å². The maximum atomic E-state index is 12.2. The van der Waals surface area contributed by atoms with Gasteiger partial charge in [-0.3, -0.25) is 14.8 Å². The van der Waals surface area contributed by atoms with Gasteiger partial charge in [-0.2, -0.15) is 0 Å². The summed E-state index contributed by atoms with van der Waals surface area (Å²) in [7, 11) is 0. The number of aromatic nitrogens is 2. The Hall–Kier alpha value is -1.49. The van der Waals surface area contributed by atoms with Crippen molar-refractivity contribution in [2.24, 2.45) is 5.41 Å². The van der Waals surface area contributed by atoms with Crippen LogP contribution in [-0.2, 0) is 11.3 Å². The largest absolute Gasteiger partial charge is 0.350 e. The lowest BCUT2D eigenvalue weighted by Crippen LogP contribution is -2.41. The zero-order chi connectivity index (χ0) is 13.0. The van der Waals surface area contributed by atoms with Crippen molar-refractivity contribution in [3.8, 4) is 0 Å². The second-order valence-corrected chi connectivity index (χ2v) is 4.89. The predicted octanol–water partition coefficient (Wildman–Crippen LogP) is 0.791. The highest BCUT2D eigenvalue weighted by Gasteiger charge is 2.39. The fourth-order valence-electron chi connectivity index (χ4n) is 2.27. The molecule has 1 aromatic rings. The molecule has 5 nitrogen and oxygen atoms in total. The molecule has 1 amide bonds. The van der Waals surface area contributed by atoms with Crippen LogP contribution in [-0.4, -0.2) is 29.0 Å². The first kappa shape index (κ1) is 13.0. The Morgan fingerprint density at radius 1 is 1.50 bits per heavy atom. The molecule has 2 heterocycles. The molecule has 5 heteroatoms. The van der Waals surface area contributed by atoms with Crippen LogP contribution in [0.1, 0.15) is 31.2 Å². The van der Waals surface area contributed by atoms with Gasteiger partial charge in [-0.1, -0.05) is 6.92 Å². The SMILES string of the molecule is CCC1(C(=O)NCc2cnc(C)cn2)CCNC1. The first-order valence-corrected chi connectivity index (χ1v) is 6.43. The maximum absolute atomic E-state index is 12.2. The van der Waals surface area contributed by atoms with Gasteiger partial charge in [0.15, 0.2) is 0 Å². The standard InChI is InChI=1S/C13H20N4O/c1-3-13(4-5-14-9-13)12(18)17-8-11-7-15-10(2)6-16-11/h6-7,14H,3-5,8-9H2,1-2H3,(H,17,18). The van der Waals surface area contributed by atoms with E-state index in [-0.39, 0.29) is 11.3 Å². The van der Waals surface area contributed by atoms with Crippen LogP contribution in [0.3, 0.4) is 0 Å². The Kier molecular flexibility index (Phi) is 3.91. The highest BCUT2D eigenvalue weighted by molar-refractivity contribution is 5.83. The van der Waals surface area contributed by atoms with Crippen LogP contribution in [0.4, 0.5) is 0 Å². The quantitative estimate of drug-likeness (QED) is 0.826. The average Bonchev–Trinajstić information content (AvgIpc) is 2.88. The summed E-state index contributed by atoms with van der Waals surface area (Å²) < 4.78 is 0. The van der Waals surface area contributed by atoms with Crippen molar-refractivity contribution in [3.05, 3.63) is 23.8 Å². The first-order valence-electron chi connectivity index (χ1n) is 6.43. The third-order valence-corrected chi connectivity index (χ3v) is 3.67. The number of amides is 1. The van der Waals surface area contributed by atoms with Gasteiger partial charge in [0.25, 0.3) is 0 Å². The number of rotatable bonds is 4. The molecule has 2 rings (SSSR count). The Bertz CT molecular complexity index is 410. The summed E-state index contributed by atoms with van der Waals surface area (Å²) in [5.41, 5.74) is 1.44. The molecular weight excluding hydrogens is 228 g/mol. The second-order valence-electron chi connectivity index (χ2n) is 4.89. The molecule has 0 spiro atoms. The molecule has 1 saturated heterocycles. The third-order valence-electron chi connectivity index (χ3n) is 3.67. The maximum Gasteiger partial charge on any atom is 0.227 e. The molecule has 1 atom stereocenters. The molecule has 0 aromatic carbocycles. The van der Waals surface area contributed by atoms with Crippen LogP contribution in [0.15, 0.2) is 12.4 Å². The Morgan fingerprint density at radius 3 is 2.89 bits per heavy atom. The van der Waals surface area contributed by atoms with E-state index in [2.05, 4.69) is 27.5 Å². The topological polar surface area (TPSA) is 66.9 Å². The molecule has 18 heavy (non-hydrogen) atoms. The Balaban J connectivity index is 1.93. The fraction of sp³-hybridized carbons (Fsp3) is 0.615. The zero-order valence-corrected chi connectivity index (χ0v) is 11.0. The van der Waals surface area contributed by atoms with Gasteiger partial charge in [-0.05, 0) is 26.3 Å². The molecule has 1 unspecified atom stereocenters. The first-order chi connectivity index (χ1) is 8.66. The van der Waals surface area contributed by atoms with Crippen LogP contribution < -0.4 is 10.6 Å². The van der Waals surface area contributed by atoms with Gasteiger partial charge < -0.3 is 10.6 Å². The van der Waals surface area contributed by atoms with E-state index in [9.17, 15) is 4.79 Å². The van der Waals surface area contributed by atoms with Crippen molar-refractivity contribution in [1.29, 1.82) is 0 Å². The Labute approximate surface area is 107 Å². The molecular formula is C13H20N4O. The lowest BCUT2D eigenvalue weighted by atomic mass is 9.83. The van der Waals surface area contributed by atoms with Crippen LogP contribution >= 0.6 is 0 Å². The van der Waals surface area contributed by atoms with E-state index < -0.39 is 0 Å². The second kappa shape index (κ2) is 5.44. The third kappa shape index (κ3) is 2.67. The van der Waals surface area contributed by atoms with E-state index in [0.717, 1.165) is 37.3 Å². The molecule has 1 aliphatic rings. The van der Waals surface area contributed by atoms with E-state index in [1.54, 1.807) is 12.4 Å². The van der Waals surface area contributed by atoms with Crippen LogP contribution in [0, 0.1) is 12.3 Å². The minimum absolute atomic E-state index is 0.123. The summed E-state index contributed by atoms with van der Waals surface area (Å²) in [5, 5.41) is 6.23. The average molecular weight is 248 g/mol. The van der Waals surface area contributed by atoms with Crippen molar-refractivity contribution in [2.45, 2.75) is 33.2 Å². The predicted molar refractivity (Wildman–Crippen MR) is 68.8 cm³/mol. The van der Waals surface area contributed by atoms with E-state index in [4.69, 9.17) is 0 Å². The van der Waals surface area contributed by atoms with E-state index in [1.807, 2.05) is 6.92 Å². The van der Waals surface area contributed by atoms with E-state index in [1.165, 1.54) is 0 Å². The van der Waals surface area contributed by atoms with Gasteiger partial charge >= 0.3 is 0 Å². The molecule has 0 saturated carbocycles. The van der Waals surface area contributed by atoms with Gasteiger partial charge in [-0.25, -0.2) is 0 Å². The number of carbonyl (C=O) groups is 1. The van der Waals surface area contributed by atoms with Gasteiger partial charge in [0.1, 0.15) is 0 Å². The summed E-state index contributed by atoms with van der Waals surface area (Å²) in [4.78, 5) is 20.6. The summed E-state index contributed by atoms with van der Waals surface area (Å²) in [5.74, 6) is 0.123. The number of aryl methyl sites for hydroxylation is 1. The van der Waals surface area contributed by atoms with Gasteiger partial charge in [0.2, 0.25) is 5.91 Å². The van der Waals surface area contributed by atoms with Crippen molar-refractivity contribution >= 4 is 5.91 Å². The smallest absolute Gasteiger partial charge is 0.227 e. The zero-order valence-electron chi connectivity index (χ0n) is 11.0. The number of nitrogens with one attached hydrogen (secondary N) is 2. The summed E-state index contributed by atoms with van der Waals surface area (Å²) in [6.45, 7) is 6.11. The molecule has 0 bridgehead atoms. The molecule has 0 radical (unpaired) electrons. The number of hydrogen-bond donors (Lipinski definition) is 2. The summed E-state index contributed by atoms with van der Waals surface area (Å²) in [6, 6.07) is 0. The van der Waals surface area contributed by atoms with Gasteiger partial charge in [-0.15, -0.1) is 0 Å². The molecule has 98 valence electrons. The summed E-state index contributed by atoms with van der Waals surface area (Å²) >= 11 is 0. The van der Waals surface area contributed by atoms with Crippen molar-refractivity contribution in [3.63, 3.8) is 0 Å². The highest BCUT2D eigenvalue weighted by Crippen LogP contribution is 2.29. The molecule has 1 aromatic heterocycles. The van der Waals surface area contributed by atoms with E-state index >= 15 is 0 Å². The monoisotopic (exact) mass is 248 g/mol. The lowest BCUT2D eigenvalue weighted by molar-refractivity contribution is -0.130. The molecule has 1 fully saturated rings. The van der Waals surface area contributed by atoms with Crippen molar-refractivity contribution in [1.82, 2.24) is 20.6 Å². The number of hydrogen-bond acceptors (Lipinski definition) is 4. The molecule has 2 N–H and O–H groups in total. The van der Waals surface area contributed by atoms with Crippen LogP contribution in [0.25, 0.3) is 0 Å². The number of nitrogens with zero attached hydrogens (tertiary/aromatic N) is 2. The normalized spacial score (nSPS) is 23.0. The lowest BCUT2D eigenvalue weighted by Gasteiger charge is -2.25. The fourth-order valence-corrected chi connectivity index (χ4v) is 2.27. The molecule has 0 aliphatic carbocycles. The van der Waals surface area contributed by atoms with Gasteiger partial charge in [0.05, 0.1) is 29.5 Å². The Morgan fingerprint density at radius 2 is 2.33 bits per heavy atom. The minimum atomic E-state index is -0.238. The van der Waals surface area contributed by atoms with Crippen LogP contribution in [0.5, 0.6) is 0 Å². The highest BCUT2D eigenvalue weighted by atomic mass is 16.2.